The average molecular weight is 355 g/mol. The number of fused-ring (bicyclic) bond motifs is 3. The first kappa shape index (κ1) is 12.0. The molecule has 0 bridgehead atoms. The number of alkyl halides is 1. The van der Waals surface area contributed by atoms with E-state index in [0.29, 0.717) is 3.92 Å². The van der Waals surface area contributed by atoms with Gasteiger partial charge in [0.2, 0.25) is 0 Å². The van der Waals surface area contributed by atoms with Crippen molar-refractivity contribution in [2.75, 3.05) is 0 Å². The van der Waals surface area contributed by atoms with Crippen molar-refractivity contribution >= 4 is 33.5 Å². The monoisotopic (exact) mass is 355 g/mol. The van der Waals surface area contributed by atoms with Crippen molar-refractivity contribution in [2.45, 2.75) is 29.8 Å². The highest BCUT2D eigenvalue weighted by Gasteiger charge is 2.37. The molecule has 1 aliphatic heterocycles. The van der Waals surface area contributed by atoms with Crippen LogP contribution >= 0.6 is 22.6 Å². The van der Waals surface area contributed by atoms with Gasteiger partial charge in [-0.3, -0.25) is 4.79 Å². The summed E-state index contributed by atoms with van der Waals surface area (Å²) in [4.78, 5) is 15.0. The first-order valence-corrected chi connectivity index (χ1v) is 7.20. The van der Waals surface area contributed by atoms with Gasteiger partial charge in [-0.2, -0.15) is 0 Å². The maximum absolute atomic E-state index is 12.1. The third kappa shape index (κ3) is 1.74. The van der Waals surface area contributed by atoms with Crippen LogP contribution in [0.25, 0.3) is 10.9 Å². The molecule has 94 valence electrons. The normalized spacial score (nSPS) is 21.4. The Kier molecular flexibility index (Phi) is 2.66. The summed E-state index contributed by atoms with van der Waals surface area (Å²) in [5.41, 5.74) is 1.33. The van der Waals surface area contributed by atoms with Crippen molar-refractivity contribution in [1.29, 1.82) is 0 Å². The second-order valence-corrected chi connectivity index (χ2v) is 6.69. The average Bonchev–Trinajstić information content (AvgIpc) is 2.32. The maximum atomic E-state index is 12.1. The molecule has 2 aromatic rings. The number of nitrogens with one attached hydrogen (secondary N) is 1. The molecular weight excluding hydrogens is 341 g/mol. The zero-order chi connectivity index (χ0) is 12.9. The van der Waals surface area contributed by atoms with Crippen LogP contribution in [0.1, 0.15) is 19.4 Å². The molecule has 3 rings (SSSR count). The molecule has 1 N–H and O–H groups in total. The minimum Gasteiger partial charge on any atom is -0.486 e. The Labute approximate surface area is 119 Å². The molecule has 0 amide bonds. The van der Waals surface area contributed by atoms with E-state index in [0.717, 1.165) is 28.6 Å². The van der Waals surface area contributed by atoms with Gasteiger partial charge in [0.15, 0.2) is 0 Å². The topological polar surface area (TPSA) is 42.1 Å². The first-order chi connectivity index (χ1) is 8.49. The molecule has 0 saturated carbocycles. The number of para-hydroxylation sites is 1. The molecule has 0 aliphatic carbocycles. The Morgan fingerprint density at radius 1 is 1.39 bits per heavy atom. The smallest absolute Gasteiger partial charge is 0.255 e. The summed E-state index contributed by atoms with van der Waals surface area (Å²) >= 11 is 2.36. The Bertz CT molecular complexity index is 675. The highest BCUT2D eigenvalue weighted by molar-refractivity contribution is 14.1. The largest absolute Gasteiger partial charge is 0.486 e. The van der Waals surface area contributed by atoms with Gasteiger partial charge in [-0.05, 0) is 32.4 Å². The Balaban J connectivity index is 2.34. The van der Waals surface area contributed by atoms with Gasteiger partial charge >= 0.3 is 0 Å². The van der Waals surface area contributed by atoms with Gasteiger partial charge < -0.3 is 9.72 Å². The SMILES string of the molecule is CC1(C)Oc2c(c(=O)[nH]c3ccccc23)CC1I. The third-order valence-corrected chi connectivity index (χ3v) is 5.41. The molecule has 1 aliphatic rings. The molecule has 1 unspecified atom stereocenters. The van der Waals surface area contributed by atoms with Crippen LogP contribution in [-0.4, -0.2) is 14.5 Å². The van der Waals surface area contributed by atoms with Crippen LogP contribution < -0.4 is 10.3 Å². The van der Waals surface area contributed by atoms with Crippen molar-refractivity contribution in [1.82, 2.24) is 4.98 Å². The van der Waals surface area contributed by atoms with Crippen LogP contribution in [0.5, 0.6) is 5.75 Å². The molecule has 0 radical (unpaired) electrons. The zero-order valence-electron chi connectivity index (χ0n) is 10.3. The van der Waals surface area contributed by atoms with Crippen molar-refractivity contribution in [3.05, 3.63) is 40.2 Å². The molecule has 3 nitrogen and oxygen atoms in total. The predicted octanol–water partition coefficient (Wildman–Crippen LogP) is 3.05. The minimum atomic E-state index is -0.246. The number of rotatable bonds is 0. The van der Waals surface area contributed by atoms with E-state index in [4.69, 9.17) is 4.74 Å². The van der Waals surface area contributed by atoms with Crippen LogP contribution in [0.3, 0.4) is 0 Å². The van der Waals surface area contributed by atoms with E-state index in [9.17, 15) is 4.79 Å². The second kappa shape index (κ2) is 3.98. The van der Waals surface area contributed by atoms with E-state index in [-0.39, 0.29) is 11.2 Å². The number of pyridine rings is 1. The van der Waals surface area contributed by atoms with Crippen LogP contribution in [0.4, 0.5) is 0 Å². The van der Waals surface area contributed by atoms with Gasteiger partial charge in [0.05, 0.1) is 15.0 Å². The molecule has 1 aromatic heterocycles. The van der Waals surface area contributed by atoms with E-state index in [1.807, 2.05) is 24.3 Å². The maximum Gasteiger partial charge on any atom is 0.255 e. The van der Waals surface area contributed by atoms with Gasteiger partial charge in [-0.1, -0.05) is 34.7 Å². The van der Waals surface area contributed by atoms with E-state index in [1.165, 1.54) is 0 Å². The molecule has 0 saturated heterocycles. The summed E-state index contributed by atoms with van der Waals surface area (Å²) in [6, 6.07) is 7.78. The van der Waals surface area contributed by atoms with Gasteiger partial charge in [0, 0.05) is 5.39 Å². The molecule has 0 fully saturated rings. The molecule has 1 atom stereocenters. The van der Waals surface area contributed by atoms with Crippen LogP contribution in [0.15, 0.2) is 29.1 Å². The number of aromatic nitrogens is 1. The number of H-pyrrole nitrogens is 1. The molecular formula is C14H14INO2. The van der Waals surface area contributed by atoms with Crippen LogP contribution in [0, 0.1) is 0 Å². The quantitative estimate of drug-likeness (QED) is 0.583. The molecule has 4 heteroatoms. The van der Waals surface area contributed by atoms with Gasteiger partial charge in [-0.25, -0.2) is 0 Å². The fourth-order valence-electron chi connectivity index (χ4n) is 2.31. The van der Waals surface area contributed by atoms with E-state index in [2.05, 4.69) is 41.4 Å². The van der Waals surface area contributed by atoms with Gasteiger partial charge in [-0.15, -0.1) is 0 Å². The summed E-state index contributed by atoms with van der Waals surface area (Å²) in [5, 5.41) is 0.989. The van der Waals surface area contributed by atoms with Gasteiger partial charge in [0.25, 0.3) is 5.56 Å². The standard InChI is InChI=1S/C14H14INO2/c1-14(2)11(15)7-9-12(18-14)8-5-3-4-6-10(8)16-13(9)17/h3-6,11H,7H2,1-2H3,(H,16,17). The van der Waals surface area contributed by atoms with Crippen LogP contribution in [0.2, 0.25) is 0 Å². The number of halogens is 1. The number of hydrogen-bond donors (Lipinski definition) is 1. The number of ether oxygens (including phenoxy) is 1. The van der Waals surface area contributed by atoms with Crippen molar-refractivity contribution in [3.8, 4) is 5.75 Å². The minimum absolute atomic E-state index is 0.0270. The zero-order valence-corrected chi connectivity index (χ0v) is 12.4. The van der Waals surface area contributed by atoms with Gasteiger partial charge in [0.1, 0.15) is 11.4 Å². The molecule has 1 aromatic carbocycles. The predicted molar refractivity (Wildman–Crippen MR) is 80.8 cm³/mol. The summed E-state index contributed by atoms with van der Waals surface area (Å²) in [5.74, 6) is 0.757. The fourth-order valence-corrected chi connectivity index (χ4v) is 2.88. The van der Waals surface area contributed by atoms with E-state index in [1.54, 1.807) is 0 Å². The molecule has 2 heterocycles. The number of hydrogen-bond acceptors (Lipinski definition) is 2. The second-order valence-electron chi connectivity index (χ2n) is 5.18. The Morgan fingerprint density at radius 3 is 2.89 bits per heavy atom. The lowest BCUT2D eigenvalue weighted by Gasteiger charge is -2.37. The summed E-state index contributed by atoms with van der Waals surface area (Å²) in [6.45, 7) is 4.14. The summed E-state index contributed by atoms with van der Waals surface area (Å²) in [7, 11) is 0. The van der Waals surface area contributed by atoms with Crippen molar-refractivity contribution in [3.63, 3.8) is 0 Å². The lowest BCUT2D eigenvalue weighted by molar-refractivity contribution is 0.0982. The molecule has 18 heavy (non-hydrogen) atoms. The number of benzene rings is 1. The Hall–Kier alpha value is -1.04. The summed E-state index contributed by atoms with van der Waals surface area (Å²) in [6.07, 6.45) is 0.753. The third-order valence-electron chi connectivity index (χ3n) is 3.47. The number of aromatic amines is 1. The Morgan fingerprint density at radius 2 is 2.11 bits per heavy atom. The van der Waals surface area contributed by atoms with E-state index < -0.39 is 0 Å². The van der Waals surface area contributed by atoms with Crippen LogP contribution in [-0.2, 0) is 6.42 Å². The highest BCUT2D eigenvalue weighted by Crippen LogP contribution is 2.38. The fraction of sp³-hybridized carbons (Fsp3) is 0.357. The van der Waals surface area contributed by atoms with Crippen molar-refractivity contribution in [2.24, 2.45) is 0 Å². The highest BCUT2D eigenvalue weighted by atomic mass is 127. The lowest BCUT2D eigenvalue weighted by atomic mass is 9.94. The summed E-state index contributed by atoms with van der Waals surface area (Å²) < 4.78 is 6.39. The lowest BCUT2D eigenvalue weighted by Crippen LogP contribution is -2.44. The first-order valence-electron chi connectivity index (χ1n) is 5.96. The van der Waals surface area contributed by atoms with E-state index >= 15 is 0 Å². The van der Waals surface area contributed by atoms with Crippen molar-refractivity contribution < 1.29 is 4.74 Å². The molecule has 0 spiro atoms.